The molecule has 1 aromatic heterocycles. The normalized spacial score (nSPS) is 10.8. The lowest BCUT2D eigenvalue weighted by Gasteiger charge is -2.23. The zero-order chi connectivity index (χ0) is 12.9. The van der Waals surface area contributed by atoms with Crippen LogP contribution in [0.1, 0.15) is 13.8 Å². The number of amides is 1. The minimum atomic E-state index is -0.487. The van der Waals surface area contributed by atoms with Gasteiger partial charge in [0.05, 0.1) is 5.41 Å². The second-order valence-electron chi connectivity index (χ2n) is 4.36. The van der Waals surface area contributed by atoms with Crippen LogP contribution >= 0.6 is 0 Å². The number of anilines is 2. The van der Waals surface area contributed by atoms with E-state index in [0.29, 0.717) is 12.4 Å². The first-order chi connectivity index (χ1) is 7.99. The lowest BCUT2D eigenvalue weighted by atomic mass is 9.92. The molecule has 0 aliphatic heterocycles. The number of hydrogen-bond acceptors (Lipinski definition) is 5. The van der Waals surface area contributed by atoms with Gasteiger partial charge in [-0.25, -0.2) is 9.97 Å². The highest BCUT2D eigenvalue weighted by atomic mass is 16.2. The number of carbonyl (C=O) groups excluding carboxylic acids is 1. The van der Waals surface area contributed by atoms with Gasteiger partial charge in [0, 0.05) is 26.7 Å². The molecule has 1 rings (SSSR count). The molecule has 17 heavy (non-hydrogen) atoms. The van der Waals surface area contributed by atoms with Crippen LogP contribution in [0.5, 0.6) is 0 Å². The molecular weight excluding hydrogens is 218 g/mol. The first-order valence-electron chi connectivity index (χ1n) is 5.45. The van der Waals surface area contributed by atoms with Crippen molar-refractivity contribution in [2.45, 2.75) is 13.8 Å². The molecule has 1 amide bonds. The van der Waals surface area contributed by atoms with Gasteiger partial charge in [-0.2, -0.15) is 0 Å². The number of hydrogen-bond donors (Lipinski definition) is 3. The number of aromatic nitrogens is 2. The van der Waals surface area contributed by atoms with Gasteiger partial charge in [0.15, 0.2) is 0 Å². The monoisotopic (exact) mass is 237 g/mol. The fourth-order valence-corrected chi connectivity index (χ4v) is 1.32. The summed E-state index contributed by atoms with van der Waals surface area (Å²) in [5.74, 6) is 1.43. The van der Waals surface area contributed by atoms with Gasteiger partial charge in [-0.15, -0.1) is 0 Å². The van der Waals surface area contributed by atoms with Crippen molar-refractivity contribution < 1.29 is 4.79 Å². The predicted octanol–water partition coefficient (Wildman–Crippen LogP) is 0.702. The summed E-state index contributed by atoms with van der Waals surface area (Å²) in [5.41, 5.74) is -0.487. The van der Waals surface area contributed by atoms with E-state index in [4.69, 9.17) is 0 Å². The van der Waals surface area contributed by atoms with Crippen LogP contribution in [-0.4, -0.2) is 36.5 Å². The van der Waals surface area contributed by atoms with Crippen molar-refractivity contribution in [2.24, 2.45) is 5.41 Å². The van der Waals surface area contributed by atoms with E-state index in [0.717, 1.165) is 5.82 Å². The third kappa shape index (κ3) is 3.58. The quantitative estimate of drug-likeness (QED) is 0.702. The molecule has 0 unspecified atom stereocenters. The smallest absolute Gasteiger partial charge is 0.227 e. The minimum absolute atomic E-state index is 0.00658. The molecule has 0 aliphatic rings. The molecule has 94 valence electrons. The van der Waals surface area contributed by atoms with E-state index in [9.17, 15) is 4.79 Å². The molecule has 0 saturated heterocycles. The second-order valence-corrected chi connectivity index (χ2v) is 4.36. The van der Waals surface area contributed by atoms with Crippen molar-refractivity contribution in [1.29, 1.82) is 0 Å². The molecular formula is C11H19N5O. The Bertz CT molecular complexity index is 391. The standard InChI is InChI=1S/C11H19N5O/c1-11(2,10(17)13-4)6-14-9-5-8(12-3)15-7-16-9/h5,7H,6H2,1-4H3,(H,13,17)(H2,12,14,15,16). The van der Waals surface area contributed by atoms with Crippen LogP contribution in [0.2, 0.25) is 0 Å². The maximum atomic E-state index is 11.6. The van der Waals surface area contributed by atoms with Crippen molar-refractivity contribution in [3.8, 4) is 0 Å². The van der Waals surface area contributed by atoms with Gasteiger partial charge in [0.2, 0.25) is 5.91 Å². The summed E-state index contributed by atoms with van der Waals surface area (Å²) in [6, 6.07) is 1.79. The van der Waals surface area contributed by atoms with E-state index in [1.54, 1.807) is 20.2 Å². The summed E-state index contributed by atoms with van der Waals surface area (Å²) in [6.45, 7) is 4.25. The molecule has 0 atom stereocenters. The Morgan fingerprint density at radius 2 is 1.94 bits per heavy atom. The van der Waals surface area contributed by atoms with Gasteiger partial charge in [-0.05, 0) is 13.8 Å². The molecule has 0 saturated carbocycles. The Hall–Kier alpha value is -1.85. The lowest BCUT2D eigenvalue weighted by molar-refractivity contribution is -0.128. The second kappa shape index (κ2) is 5.47. The Morgan fingerprint density at radius 3 is 2.53 bits per heavy atom. The molecule has 0 bridgehead atoms. The summed E-state index contributed by atoms with van der Waals surface area (Å²) in [4.78, 5) is 19.7. The largest absolute Gasteiger partial charge is 0.373 e. The van der Waals surface area contributed by atoms with Crippen LogP contribution in [0.4, 0.5) is 11.6 Å². The van der Waals surface area contributed by atoms with E-state index in [-0.39, 0.29) is 5.91 Å². The van der Waals surface area contributed by atoms with Crippen LogP contribution in [0.15, 0.2) is 12.4 Å². The molecule has 0 radical (unpaired) electrons. The molecule has 0 aromatic carbocycles. The number of nitrogens with zero attached hydrogens (tertiary/aromatic N) is 2. The number of carbonyl (C=O) groups is 1. The SMILES string of the molecule is CNC(=O)C(C)(C)CNc1cc(NC)ncn1. The van der Waals surface area contributed by atoms with Gasteiger partial charge in [-0.3, -0.25) is 4.79 Å². The summed E-state index contributed by atoms with van der Waals surface area (Å²) in [7, 11) is 3.43. The molecule has 3 N–H and O–H groups in total. The minimum Gasteiger partial charge on any atom is -0.373 e. The summed E-state index contributed by atoms with van der Waals surface area (Å²) >= 11 is 0. The maximum Gasteiger partial charge on any atom is 0.227 e. The van der Waals surface area contributed by atoms with Gasteiger partial charge in [-0.1, -0.05) is 0 Å². The van der Waals surface area contributed by atoms with Gasteiger partial charge in [0.1, 0.15) is 18.0 Å². The fraction of sp³-hybridized carbons (Fsp3) is 0.545. The van der Waals surface area contributed by atoms with Gasteiger partial charge in [0.25, 0.3) is 0 Å². The van der Waals surface area contributed by atoms with Crippen molar-refractivity contribution in [2.75, 3.05) is 31.3 Å². The third-order valence-electron chi connectivity index (χ3n) is 2.48. The maximum absolute atomic E-state index is 11.6. The van der Waals surface area contributed by atoms with Crippen LogP contribution in [0, 0.1) is 5.41 Å². The first kappa shape index (κ1) is 13.2. The van der Waals surface area contributed by atoms with Crippen LogP contribution in [0.25, 0.3) is 0 Å². The van der Waals surface area contributed by atoms with Crippen molar-refractivity contribution in [1.82, 2.24) is 15.3 Å². The Kier molecular flexibility index (Phi) is 4.25. The van der Waals surface area contributed by atoms with E-state index < -0.39 is 5.41 Å². The molecule has 6 heteroatoms. The highest BCUT2D eigenvalue weighted by molar-refractivity contribution is 5.82. The van der Waals surface area contributed by atoms with E-state index in [1.807, 2.05) is 13.8 Å². The lowest BCUT2D eigenvalue weighted by Crippen LogP contribution is -2.39. The predicted molar refractivity (Wildman–Crippen MR) is 67.9 cm³/mol. The van der Waals surface area contributed by atoms with E-state index in [2.05, 4.69) is 25.9 Å². The van der Waals surface area contributed by atoms with Crippen molar-refractivity contribution in [3.05, 3.63) is 12.4 Å². The summed E-state index contributed by atoms with van der Waals surface area (Å²) in [5, 5.41) is 8.69. The first-order valence-corrected chi connectivity index (χ1v) is 5.45. The molecule has 1 heterocycles. The van der Waals surface area contributed by atoms with Gasteiger partial charge < -0.3 is 16.0 Å². The zero-order valence-electron chi connectivity index (χ0n) is 10.7. The van der Waals surface area contributed by atoms with Crippen molar-refractivity contribution >= 4 is 17.5 Å². The number of rotatable bonds is 5. The Morgan fingerprint density at radius 1 is 1.29 bits per heavy atom. The summed E-state index contributed by atoms with van der Waals surface area (Å²) < 4.78 is 0. The molecule has 0 fully saturated rings. The molecule has 0 spiro atoms. The van der Waals surface area contributed by atoms with E-state index >= 15 is 0 Å². The average molecular weight is 237 g/mol. The topological polar surface area (TPSA) is 78.9 Å². The van der Waals surface area contributed by atoms with E-state index in [1.165, 1.54) is 6.33 Å². The molecule has 0 aliphatic carbocycles. The highest BCUT2D eigenvalue weighted by Crippen LogP contribution is 2.16. The average Bonchev–Trinajstić information content (AvgIpc) is 2.35. The number of nitrogens with one attached hydrogen (secondary N) is 3. The molecule has 1 aromatic rings. The summed E-state index contributed by atoms with van der Waals surface area (Å²) in [6.07, 6.45) is 1.47. The van der Waals surface area contributed by atoms with Crippen LogP contribution in [0.3, 0.4) is 0 Å². The fourth-order valence-electron chi connectivity index (χ4n) is 1.32. The van der Waals surface area contributed by atoms with Crippen LogP contribution in [-0.2, 0) is 4.79 Å². The zero-order valence-corrected chi connectivity index (χ0v) is 10.7. The Balaban J connectivity index is 2.63. The Labute approximate surface area is 101 Å². The van der Waals surface area contributed by atoms with Crippen LogP contribution < -0.4 is 16.0 Å². The van der Waals surface area contributed by atoms with Gasteiger partial charge >= 0.3 is 0 Å². The highest BCUT2D eigenvalue weighted by Gasteiger charge is 2.26. The van der Waals surface area contributed by atoms with Crippen molar-refractivity contribution in [3.63, 3.8) is 0 Å². The molecule has 6 nitrogen and oxygen atoms in total. The third-order valence-corrected chi connectivity index (χ3v) is 2.48.